The van der Waals surface area contributed by atoms with Crippen molar-refractivity contribution in [3.05, 3.63) is 28.8 Å². The molecule has 1 aliphatic rings. The second kappa shape index (κ2) is 6.92. The van der Waals surface area contributed by atoms with Gasteiger partial charge in [0.1, 0.15) is 6.04 Å². The van der Waals surface area contributed by atoms with Crippen LogP contribution in [0.5, 0.6) is 0 Å². The Bertz CT molecular complexity index is 481. The maximum Gasteiger partial charge on any atom is 0.245 e. The summed E-state index contributed by atoms with van der Waals surface area (Å²) in [6.07, 6.45) is 0. The van der Waals surface area contributed by atoms with Gasteiger partial charge in [0.05, 0.1) is 19.8 Å². The summed E-state index contributed by atoms with van der Waals surface area (Å²) in [7, 11) is 0. The first-order valence-corrected chi connectivity index (χ1v) is 7.06. The van der Waals surface area contributed by atoms with Gasteiger partial charge in [-0.1, -0.05) is 11.6 Å². The van der Waals surface area contributed by atoms with E-state index >= 15 is 0 Å². The highest BCUT2D eigenvalue weighted by molar-refractivity contribution is 6.30. The minimum Gasteiger partial charge on any atom is -0.392 e. The number of benzene rings is 1. The number of nitrogens with zero attached hydrogens (tertiary/aromatic N) is 1. The van der Waals surface area contributed by atoms with Gasteiger partial charge in [-0.05, 0) is 25.1 Å². The van der Waals surface area contributed by atoms with Crippen molar-refractivity contribution in [2.45, 2.75) is 19.6 Å². The van der Waals surface area contributed by atoms with Crippen molar-refractivity contribution in [3.63, 3.8) is 0 Å². The molecule has 0 aromatic heterocycles. The van der Waals surface area contributed by atoms with Gasteiger partial charge in [0.2, 0.25) is 5.91 Å². The van der Waals surface area contributed by atoms with E-state index in [1.807, 2.05) is 17.9 Å². The van der Waals surface area contributed by atoms with Crippen molar-refractivity contribution in [2.75, 3.05) is 31.2 Å². The third-order valence-electron chi connectivity index (χ3n) is 3.30. The summed E-state index contributed by atoms with van der Waals surface area (Å²) < 4.78 is 5.41. The normalized spacial score (nSPS) is 18.9. The van der Waals surface area contributed by atoms with Crippen molar-refractivity contribution < 1.29 is 14.6 Å². The van der Waals surface area contributed by atoms with Gasteiger partial charge in [-0.3, -0.25) is 4.79 Å². The molecule has 1 amide bonds. The molecule has 0 radical (unpaired) electrons. The van der Waals surface area contributed by atoms with Gasteiger partial charge in [0.15, 0.2) is 0 Å². The lowest BCUT2D eigenvalue weighted by Gasteiger charge is -2.37. The monoisotopic (exact) mass is 298 g/mol. The van der Waals surface area contributed by atoms with E-state index in [4.69, 9.17) is 16.3 Å². The zero-order valence-electron chi connectivity index (χ0n) is 11.4. The predicted octanol–water partition coefficient (Wildman–Crippen LogP) is 1.17. The van der Waals surface area contributed by atoms with Gasteiger partial charge in [-0.15, -0.1) is 0 Å². The number of amides is 1. The van der Waals surface area contributed by atoms with Crippen LogP contribution in [0, 0.1) is 0 Å². The Morgan fingerprint density at radius 2 is 2.40 bits per heavy atom. The summed E-state index contributed by atoms with van der Waals surface area (Å²) in [6.45, 7) is 3.86. The topological polar surface area (TPSA) is 61.8 Å². The number of nitrogens with one attached hydrogen (secondary N) is 1. The number of carbonyl (C=O) groups is 1. The summed E-state index contributed by atoms with van der Waals surface area (Å²) in [5, 5.41) is 12.9. The number of aliphatic hydroxyl groups excluding tert-OH is 1. The molecule has 6 heteroatoms. The van der Waals surface area contributed by atoms with E-state index < -0.39 is 0 Å². The molecular formula is C14H19ClN2O3. The van der Waals surface area contributed by atoms with Gasteiger partial charge in [-0.2, -0.15) is 0 Å². The van der Waals surface area contributed by atoms with E-state index in [0.29, 0.717) is 36.9 Å². The second-order valence-electron chi connectivity index (χ2n) is 4.61. The molecule has 20 heavy (non-hydrogen) atoms. The molecule has 0 bridgehead atoms. The molecule has 1 heterocycles. The average molecular weight is 299 g/mol. The van der Waals surface area contributed by atoms with E-state index in [2.05, 4.69) is 5.32 Å². The van der Waals surface area contributed by atoms with Crippen LogP contribution in [0.4, 0.5) is 5.69 Å². The van der Waals surface area contributed by atoms with Crippen molar-refractivity contribution in [2.24, 2.45) is 0 Å². The number of likely N-dealkylation sites (N-methyl/N-ethyl adjacent to an activating group) is 1. The van der Waals surface area contributed by atoms with Crippen molar-refractivity contribution in [3.8, 4) is 0 Å². The van der Waals surface area contributed by atoms with Crippen LogP contribution >= 0.6 is 11.6 Å². The molecule has 1 unspecified atom stereocenters. The molecule has 1 aromatic carbocycles. The molecule has 1 fully saturated rings. The molecule has 5 nitrogen and oxygen atoms in total. The van der Waals surface area contributed by atoms with Crippen LogP contribution in [0.2, 0.25) is 5.02 Å². The van der Waals surface area contributed by atoms with E-state index in [0.717, 1.165) is 5.69 Å². The van der Waals surface area contributed by atoms with E-state index in [1.54, 1.807) is 12.1 Å². The van der Waals surface area contributed by atoms with Crippen LogP contribution < -0.4 is 10.2 Å². The zero-order valence-corrected chi connectivity index (χ0v) is 12.2. The molecule has 2 rings (SSSR count). The first-order chi connectivity index (χ1) is 9.67. The molecule has 1 aromatic rings. The number of hydrogen-bond acceptors (Lipinski definition) is 4. The third-order valence-corrected chi connectivity index (χ3v) is 3.54. The highest BCUT2D eigenvalue weighted by Gasteiger charge is 2.30. The van der Waals surface area contributed by atoms with Gasteiger partial charge < -0.3 is 20.1 Å². The van der Waals surface area contributed by atoms with Crippen molar-refractivity contribution >= 4 is 23.2 Å². The Labute approximate surface area is 123 Å². The Kier molecular flexibility index (Phi) is 5.23. The van der Waals surface area contributed by atoms with Crippen LogP contribution in [0.15, 0.2) is 18.2 Å². The lowest BCUT2D eigenvalue weighted by Crippen LogP contribution is -2.54. The number of aliphatic hydroxyl groups is 1. The Balaban J connectivity index is 2.30. The lowest BCUT2D eigenvalue weighted by atomic mass is 10.1. The van der Waals surface area contributed by atoms with Crippen LogP contribution in [-0.2, 0) is 16.1 Å². The summed E-state index contributed by atoms with van der Waals surface area (Å²) in [6, 6.07) is 4.95. The lowest BCUT2D eigenvalue weighted by molar-refractivity contribution is -0.124. The first-order valence-electron chi connectivity index (χ1n) is 6.68. The van der Waals surface area contributed by atoms with E-state index in [1.165, 1.54) is 0 Å². The summed E-state index contributed by atoms with van der Waals surface area (Å²) in [5.41, 5.74) is 1.55. The standard InChI is InChI=1S/C14H19ClN2O3/c1-2-16-14(19)13-9-20-6-5-17(13)12-4-3-11(15)7-10(12)8-18/h3-4,7,13,18H,2,5-6,8-9H2,1H3,(H,16,19). The fourth-order valence-corrected chi connectivity index (χ4v) is 2.56. The Morgan fingerprint density at radius 1 is 1.60 bits per heavy atom. The highest BCUT2D eigenvalue weighted by Crippen LogP contribution is 2.27. The molecule has 1 atom stereocenters. The van der Waals surface area contributed by atoms with Crippen LogP contribution in [0.1, 0.15) is 12.5 Å². The van der Waals surface area contributed by atoms with Crippen LogP contribution in [0.3, 0.4) is 0 Å². The summed E-state index contributed by atoms with van der Waals surface area (Å²) in [4.78, 5) is 14.1. The number of hydrogen-bond donors (Lipinski definition) is 2. The molecular weight excluding hydrogens is 280 g/mol. The summed E-state index contributed by atoms with van der Waals surface area (Å²) >= 11 is 5.95. The number of carbonyl (C=O) groups excluding carboxylic acids is 1. The van der Waals surface area contributed by atoms with Crippen LogP contribution in [-0.4, -0.2) is 43.4 Å². The fourth-order valence-electron chi connectivity index (χ4n) is 2.36. The van der Waals surface area contributed by atoms with Gasteiger partial charge in [0, 0.05) is 29.4 Å². The number of morpholine rings is 1. The van der Waals surface area contributed by atoms with Crippen molar-refractivity contribution in [1.82, 2.24) is 5.32 Å². The number of ether oxygens (including phenoxy) is 1. The molecule has 2 N–H and O–H groups in total. The smallest absolute Gasteiger partial charge is 0.245 e. The van der Waals surface area contributed by atoms with Gasteiger partial charge in [0.25, 0.3) is 0 Å². The third kappa shape index (κ3) is 3.23. The minimum absolute atomic E-state index is 0.0639. The first kappa shape index (κ1) is 15.1. The maximum absolute atomic E-state index is 12.1. The fraction of sp³-hybridized carbons (Fsp3) is 0.500. The minimum atomic E-state index is -0.379. The molecule has 0 spiro atoms. The van der Waals surface area contributed by atoms with Crippen LogP contribution in [0.25, 0.3) is 0 Å². The van der Waals surface area contributed by atoms with Gasteiger partial charge >= 0.3 is 0 Å². The average Bonchev–Trinajstić information content (AvgIpc) is 2.47. The predicted molar refractivity (Wildman–Crippen MR) is 78.0 cm³/mol. The zero-order chi connectivity index (χ0) is 14.5. The Hall–Kier alpha value is -1.30. The molecule has 0 saturated carbocycles. The SMILES string of the molecule is CCNC(=O)C1COCCN1c1ccc(Cl)cc1CO. The molecule has 0 aliphatic carbocycles. The number of halogens is 1. The van der Waals surface area contributed by atoms with E-state index in [9.17, 15) is 9.90 Å². The Morgan fingerprint density at radius 3 is 3.10 bits per heavy atom. The molecule has 110 valence electrons. The quantitative estimate of drug-likeness (QED) is 0.876. The number of rotatable bonds is 4. The van der Waals surface area contributed by atoms with E-state index in [-0.39, 0.29) is 18.6 Å². The molecule has 1 aliphatic heterocycles. The summed E-state index contributed by atoms with van der Waals surface area (Å²) in [5.74, 6) is -0.0639. The van der Waals surface area contributed by atoms with Gasteiger partial charge in [-0.25, -0.2) is 0 Å². The highest BCUT2D eigenvalue weighted by atomic mass is 35.5. The van der Waals surface area contributed by atoms with Crippen molar-refractivity contribution in [1.29, 1.82) is 0 Å². The maximum atomic E-state index is 12.1. The number of anilines is 1. The largest absolute Gasteiger partial charge is 0.392 e. The molecule has 1 saturated heterocycles. The second-order valence-corrected chi connectivity index (χ2v) is 5.05.